The topological polar surface area (TPSA) is 83.5 Å². The van der Waals surface area contributed by atoms with Crippen LogP contribution in [0.4, 0.5) is 5.69 Å². The third-order valence-corrected chi connectivity index (χ3v) is 3.78. The summed E-state index contributed by atoms with van der Waals surface area (Å²) in [5, 5.41) is 9.71. The average Bonchev–Trinajstić information content (AvgIpc) is 2.47. The molecule has 5 nitrogen and oxygen atoms in total. The summed E-state index contributed by atoms with van der Waals surface area (Å²) in [5.41, 5.74) is 1.94. The molecule has 0 amide bonds. The summed E-state index contributed by atoms with van der Waals surface area (Å²) in [6, 6.07) is 13.0. The summed E-state index contributed by atoms with van der Waals surface area (Å²) in [6.07, 6.45) is 0. The number of hydrogen-bond donors (Lipinski definition) is 2. The van der Waals surface area contributed by atoms with Gasteiger partial charge in [-0.15, -0.1) is 0 Å². The van der Waals surface area contributed by atoms with Crippen molar-refractivity contribution in [3.63, 3.8) is 0 Å². The molecule has 0 aliphatic heterocycles. The molecule has 0 fully saturated rings. The SMILES string of the molecule is C=CS(=O)(=O)Nc1ccccc1-c1ccc(C(=O)O)cc1. The minimum Gasteiger partial charge on any atom is -0.478 e. The molecule has 0 atom stereocenters. The van der Waals surface area contributed by atoms with Crippen LogP contribution >= 0.6 is 0 Å². The molecule has 0 unspecified atom stereocenters. The highest BCUT2D eigenvalue weighted by atomic mass is 32.2. The number of anilines is 1. The molecule has 6 heteroatoms. The highest BCUT2D eigenvalue weighted by Crippen LogP contribution is 2.28. The maximum absolute atomic E-state index is 11.6. The molecule has 0 radical (unpaired) electrons. The van der Waals surface area contributed by atoms with Crippen LogP contribution in [0.25, 0.3) is 11.1 Å². The molecule has 0 aliphatic rings. The number of rotatable bonds is 5. The van der Waals surface area contributed by atoms with E-state index in [2.05, 4.69) is 11.3 Å². The fourth-order valence-electron chi connectivity index (χ4n) is 1.81. The van der Waals surface area contributed by atoms with Crippen LogP contribution in [0.2, 0.25) is 0 Å². The maximum Gasteiger partial charge on any atom is 0.335 e. The summed E-state index contributed by atoms with van der Waals surface area (Å²) in [6.45, 7) is 3.25. The Kier molecular flexibility index (Phi) is 4.09. The fourth-order valence-corrected chi connectivity index (χ4v) is 2.38. The first-order valence-corrected chi connectivity index (χ1v) is 7.55. The predicted octanol–water partition coefficient (Wildman–Crippen LogP) is 2.94. The minimum atomic E-state index is -3.60. The summed E-state index contributed by atoms with van der Waals surface area (Å²) in [5.74, 6) is -1.01. The van der Waals surface area contributed by atoms with E-state index in [1.807, 2.05) is 0 Å². The molecule has 0 saturated carbocycles. The number of sulfonamides is 1. The Labute approximate surface area is 122 Å². The number of carboxylic acids is 1. The Morgan fingerprint density at radius 2 is 1.71 bits per heavy atom. The van der Waals surface area contributed by atoms with Crippen LogP contribution in [0.3, 0.4) is 0 Å². The van der Waals surface area contributed by atoms with E-state index in [-0.39, 0.29) is 5.56 Å². The summed E-state index contributed by atoms with van der Waals surface area (Å²) < 4.78 is 25.6. The quantitative estimate of drug-likeness (QED) is 0.889. The van der Waals surface area contributed by atoms with Crippen LogP contribution in [0.1, 0.15) is 10.4 Å². The van der Waals surface area contributed by atoms with E-state index in [1.165, 1.54) is 12.1 Å². The summed E-state index contributed by atoms with van der Waals surface area (Å²) >= 11 is 0. The van der Waals surface area contributed by atoms with E-state index in [0.717, 1.165) is 5.41 Å². The molecule has 2 rings (SSSR count). The second-order valence-electron chi connectivity index (χ2n) is 4.24. The zero-order valence-electron chi connectivity index (χ0n) is 11.0. The number of benzene rings is 2. The highest BCUT2D eigenvalue weighted by Gasteiger charge is 2.10. The minimum absolute atomic E-state index is 0.169. The van der Waals surface area contributed by atoms with Crippen LogP contribution in [-0.4, -0.2) is 19.5 Å². The lowest BCUT2D eigenvalue weighted by atomic mass is 10.0. The van der Waals surface area contributed by atoms with Gasteiger partial charge in [-0.2, -0.15) is 0 Å². The molecule has 0 saturated heterocycles. The maximum atomic E-state index is 11.6. The monoisotopic (exact) mass is 303 g/mol. The van der Waals surface area contributed by atoms with E-state index < -0.39 is 16.0 Å². The lowest BCUT2D eigenvalue weighted by Crippen LogP contribution is -2.09. The first kappa shape index (κ1) is 14.8. The smallest absolute Gasteiger partial charge is 0.335 e. The van der Waals surface area contributed by atoms with Crippen LogP contribution in [0, 0.1) is 0 Å². The lowest BCUT2D eigenvalue weighted by Gasteiger charge is -2.11. The van der Waals surface area contributed by atoms with Gasteiger partial charge in [0, 0.05) is 11.0 Å². The third kappa shape index (κ3) is 3.49. The van der Waals surface area contributed by atoms with Gasteiger partial charge in [0.25, 0.3) is 10.0 Å². The largest absolute Gasteiger partial charge is 0.478 e. The van der Waals surface area contributed by atoms with Crippen molar-refractivity contribution in [1.82, 2.24) is 0 Å². The number of para-hydroxylation sites is 1. The molecule has 0 heterocycles. The molecule has 0 bridgehead atoms. The Balaban J connectivity index is 2.44. The number of hydrogen-bond acceptors (Lipinski definition) is 3. The normalized spacial score (nSPS) is 10.9. The number of carboxylic acid groups (broad SMARTS) is 1. The van der Waals surface area contributed by atoms with E-state index in [9.17, 15) is 13.2 Å². The van der Waals surface area contributed by atoms with Crippen molar-refractivity contribution in [3.8, 4) is 11.1 Å². The Morgan fingerprint density at radius 3 is 2.29 bits per heavy atom. The van der Waals surface area contributed by atoms with Gasteiger partial charge in [0.15, 0.2) is 0 Å². The first-order valence-electron chi connectivity index (χ1n) is 6.01. The van der Waals surface area contributed by atoms with Gasteiger partial charge in [0.05, 0.1) is 11.3 Å². The second kappa shape index (κ2) is 5.80. The third-order valence-electron chi connectivity index (χ3n) is 2.84. The van der Waals surface area contributed by atoms with E-state index >= 15 is 0 Å². The molecule has 21 heavy (non-hydrogen) atoms. The summed E-state index contributed by atoms with van der Waals surface area (Å²) in [7, 11) is -3.60. The van der Waals surface area contributed by atoms with Gasteiger partial charge < -0.3 is 5.11 Å². The van der Waals surface area contributed by atoms with Crippen LogP contribution < -0.4 is 4.72 Å². The predicted molar refractivity (Wildman–Crippen MR) is 81.6 cm³/mol. The molecule has 2 N–H and O–H groups in total. The van der Waals surface area contributed by atoms with Crippen molar-refractivity contribution in [2.24, 2.45) is 0 Å². The average molecular weight is 303 g/mol. The van der Waals surface area contributed by atoms with Crippen LogP contribution in [-0.2, 0) is 10.0 Å². The molecule has 0 aromatic heterocycles. The van der Waals surface area contributed by atoms with Gasteiger partial charge in [0.1, 0.15) is 0 Å². The standard InChI is InChI=1S/C15H13NO4S/c1-2-21(19,20)16-14-6-4-3-5-13(14)11-7-9-12(10-8-11)15(17)18/h2-10,16H,1H2,(H,17,18). The number of nitrogens with one attached hydrogen (secondary N) is 1. The zero-order valence-corrected chi connectivity index (χ0v) is 11.8. The molecule has 0 spiro atoms. The molecule has 108 valence electrons. The van der Waals surface area contributed by atoms with Crippen molar-refractivity contribution >= 4 is 21.7 Å². The number of aromatic carboxylic acids is 1. The lowest BCUT2D eigenvalue weighted by molar-refractivity contribution is 0.0697. The van der Waals surface area contributed by atoms with Gasteiger partial charge in [-0.1, -0.05) is 36.9 Å². The van der Waals surface area contributed by atoms with Crippen molar-refractivity contribution in [2.75, 3.05) is 4.72 Å². The van der Waals surface area contributed by atoms with E-state index in [0.29, 0.717) is 16.8 Å². The highest BCUT2D eigenvalue weighted by molar-refractivity contribution is 7.95. The van der Waals surface area contributed by atoms with E-state index in [4.69, 9.17) is 5.11 Å². The van der Waals surface area contributed by atoms with Crippen LogP contribution in [0.15, 0.2) is 60.5 Å². The van der Waals surface area contributed by atoms with Crippen molar-refractivity contribution < 1.29 is 18.3 Å². The van der Waals surface area contributed by atoms with E-state index in [1.54, 1.807) is 36.4 Å². The number of carbonyl (C=O) groups is 1. The Hall–Kier alpha value is -2.60. The molecule has 2 aromatic carbocycles. The van der Waals surface area contributed by atoms with Gasteiger partial charge >= 0.3 is 5.97 Å². The Morgan fingerprint density at radius 1 is 1.10 bits per heavy atom. The van der Waals surface area contributed by atoms with Gasteiger partial charge in [-0.25, -0.2) is 13.2 Å². The van der Waals surface area contributed by atoms with Crippen molar-refractivity contribution in [3.05, 3.63) is 66.1 Å². The molecular weight excluding hydrogens is 290 g/mol. The molecule has 0 aliphatic carbocycles. The fraction of sp³-hybridized carbons (Fsp3) is 0. The first-order chi connectivity index (χ1) is 9.93. The molecular formula is C15H13NO4S. The molecule has 2 aromatic rings. The van der Waals surface area contributed by atoms with Crippen molar-refractivity contribution in [1.29, 1.82) is 0 Å². The summed E-state index contributed by atoms with van der Waals surface area (Å²) in [4.78, 5) is 10.8. The van der Waals surface area contributed by atoms with Gasteiger partial charge in [-0.05, 0) is 23.8 Å². The Bertz CT molecular complexity index is 780. The van der Waals surface area contributed by atoms with Crippen LogP contribution in [0.5, 0.6) is 0 Å². The second-order valence-corrected chi connectivity index (χ2v) is 5.87. The zero-order chi connectivity index (χ0) is 15.5. The van der Waals surface area contributed by atoms with Crippen molar-refractivity contribution in [2.45, 2.75) is 0 Å². The van der Waals surface area contributed by atoms with Gasteiger partial charge in [0.2, 0.25) is 0 Å². The van der Waals surface area contributed by atoms with Gasteiger partial charge in [-0.3, -0.25) is 4.72 Å².